The first-order valence-corrected chi connectivity index (χ1v) is 7.41. The van der Waals surface area contributed by atoms with E-state index < -0.39 is 0 Å². The van der Waals surface area contributed by atoms with Gasteiger partial charge in [-0.1, -0.05) is 44.0 Å². The molecule has 19 heavy (non-hydrogen) atoms. The fourth-order valence-electron chi connectivity index (χ4n) is 2.80. The second-order valence-electron chi connectivity index (χ2n) is 5.26. The Balaban J connectivity index is 2.33. The van der Waals surface area contributed by atoms with Gasteiger partial charge in [-0.3, -0.25) is 4.90 Å². The number of halogens is 2. The van der Waals surface area contributed by atoms with Crippen molar-refractivity contribution in [3.8, 4) is 0 Å². The average molecular weight is 285 g/mol. The maximum absolute atomic E-state index is 14.3. The van der Waals surface area contributed by atoms with Crippen molar-refractivity contribution < 1.29 is 4.39 Å². The van der Waals surface area contributed by atoms with Crippen molar-refractivity contribution in [1.29, 1.82) is 0 Å². The maximum atomic E-state index is 14.3. The topological polar surface area (TPSA) is 15.3 Å². The van der Waals surface area contributed by atoms with Crippen molar-refractivity contribution in [2.75, 3.05) is 26.2 Å². The number of nitrogens with one attached hydrogen (secondary N) is 1. The fourth-order valence-corrected chi connectivity index (χ4v) is 2.98. The van der Waals surface area contributed by atoms with Gasteiger partial charge in [0, 0.05) is 37.8 Å². The van der Waals surface area contributed by atoms with Crippen molar-refractivity contribution in [3.05, 3.63) is 34.6 Å². The first-order valence-electron chi connectivity index (χ1n) is 7.03. The van der Waals surface area contributed by atoms with Gasteiger partial charge in [0.2, 0.25) is 0 Å². The summed E-state index contributed by atoms with van der Waals surface area (Å²) < 4.78 is 14.3. The Morgan fingerprint density at radius 1 is 1.37 bits per heavy atom. The largest absolute Gasteiger partial charge is 0.314 e. The van der Waals surface area contributed by atoms with E-state index in [-0.39, 0.29) is 16.9 Å². The van der Waals surface area contributed by atoms with E-state index in [2.05, 4.69) is 24.1 Å². The third-order valence-electron chi connectivity index (χ3n) is 4.03. The van der Waals surface area contributed by atoms with Crippen molar-refractivity contribution >= 4 is 11.6 Å². The van der Waals surface area contributed by atoms with Crippen LogP contribution in [0.2, 0.25) is 5.02 Å². The molecule has 1 aliphatic rings. The molecule has 0 radical (unpaired) electrons. The van der Waals surface area contributed by atoms with Gasteiger partial charge in [-0.25, -0.2) is 4.39 Å². The van der Waals surface area contributed by atoms with Gasteiger partial charge in [0.05, 0.1) is 5.02 Å². The zero-order chi connectivity index (χ0) is 13.8. The van der Waals surface area contributed by atoms with Crippen LogP contribution in [0.15, 0.2) is 18.2 Å². The molecule has 1 aromatic rings. The highest BCUT2D eigenvalue weighted by atomic mass is 35.5. The van der Waals surface area contributed by atoms with Gasteiger partial charge in [-0.05, 0) is 12.0 Å². The normalized spacial score (nSPS) is 20.2. The molecule has 0 saturated carbocycles. The number of hydrogen-bond acceptors (Lipinski definition) is 2. The second kappa shape index (κ2) is 6.69. The van der Waals surface area contributed by atoms with E-state index in [0.29, 0.717) is 5.92 Å². The molecule has 106 valence electrons. The third kappa shape index (κ3) is 3.28. The molecular weight excluding hydrogens is 263 g/mol. The van der Waals surface area contributed by atoms with Crippen LogP contribution in [-0.2, 0) is 0 Å². The van der Waals surface area contributed by atoms with Crippen LogP contribution in [0.5, 0.6) is 0 Å². The van der Waals surface area contributed by atoms with Crippen LogP contribution in [0.25, 0.3) is 0 Å². The van der Waals surface area contributed by atoms with Gasteiger partial charge in [-0.15, -0.1) is 0 Å². The van der Waals surface area contributed by atoms with E-state index in [9.17, 15) is 4.39 Å². The number of hydrogen-bond donors (Lipinski definition) is 1. The van der Waals surface area contributed by atoms with Crippen LogP contribution in [0.3, 0.4) is 0 Å². The van der Waals surface area contributed by atoms with E-state index in [1.807, 2.05) is 12.1 Å². The van der Waals surface area contributed by atoms with Crippen molar-refractivity contribution in [2.24, 2.45) is 5.92 Å². The molecule has 1 N–H and O–H groups in total. The fraction of sp³-hybridized carbons (Fsp3) is 0.600. The maximum Gasteiger partial charge on any atom is 0.146 e. The van der Waals surface area contributed by atoms with E-state index in [1.165, 1.54) is 0 Å². The van der Waals surface area contributed by atoms with Gasteiger partial charge >= 0.3 is 0 Å². The Hall–Kier alpha value is -0.640. The summed E-state index contributed by atoms with van der Waals surface area (Å²) in [7, 11) is 0. The second-order valence-corrected chi connectivity index (χ2v) is 5.67. The molecule has 0 aliphatic carbocycles. The molecular formula is C15H22ClFN2. The number of piperazine rings is 1. The van der Waals surface area contributed by atoms with Crippen LogP contribution < -0.4 is 5.32 Å². The highest BCUT2D eigenvalue weighted by Gasteiger charge is 2.29. The number of nitrogens with zero attached hydrogens (tertiary/aromatic N) is 1. The van der Waals surface area contributed by atoms with E-state index in [0.717, 1.165) is 38.2 Å². The predicted octanol–water partition coefficient (Wildman–Crippen LogP) is 3.47. The SMILES string of the molecule is CCC(C)[C@H](c1cccc(Cl)c1F)N1CCNCC1. The molecule has 4 heteroatoms. The van der Waals surface area contributed by atoms with Crippen LogP contribution in [0.4, 0.5) is 4.39 Å². The van der Waals surface area contributed by atoms with Gasteiger partial charge in [0.25, 0.3) is 0 Å². The molecule has 0 spiro atoms. The molecule has 0 bridgehead atoms. The number of benzene rings is 1. The summed E-state index contributed by atoms with van der Waals surface area (Å²) >= 11 is 5.94. The minimum Gasteiger partial charge on any atom is -0.314 e. The lowest BCUT2D eigenvalue weighted by Gasteiger charge is -2.38. The van der Waals surface area contributed by atoms with Crippen molar-refractivity contribution in [1.82, 2.24) is 10.2 Å². The molecule has 1 aliphatic heterocycles. The minimum absolute atomic E-state index is 0.116. The minimum atomic E-state index is -0.256. The Morgan fingerprint density at radius 2 is 2.05 bits per heavy atom. The summed E-state index contributed by atoms with van der Waals surface area (Å²) in [6.07, 6.45) is 1.03. The Labute approximate surface area is 119 Å². The molecule has 1 unspecified atom stereocenters. The lowest BCUT2D eigenvalue weighted by Crippen LogP contribution is -2.46. The van der Waals surface area contributed by atoms with Crippen molar-refractivity contribution in [2.45, 2.75) is 26.3 Å². The lowest BCUT2D eigenvalue weighted by molar-refractivity contribution is 0.125. The summed E-state index contributed by atoms with van der Waals surface area (Å²) in [6, 6.07) is 5.45. The van der Waals surface area contributed by atoms with E-state index in [4.69, 9.17) is 11.6 Å². The van der Waals surface area contributed by atoms with E-state index >= 15 is 0 Å². The van der Waals surface area contributed by atoms with Gasteiger partial charge in [0.15, 0.2) is 0 Å². The quantitative estimate of drug-likeness (QED) is 0.911. The summed E-state index contributed by atoms with van der Waals surface area (Å²) in [6.45, 7) is 8.20. The smallest absolute Gasteiger partial charge is 0.146 e. The molecule has 2 nitrogen and oxygen atoms in total. The van der Waals surface area contributed by atoms with Crippen LogP contribution in [0.1, 0.15) is 31.9 Å². The molecule has 1 heterocycles. The van der Waals surface area contributed by atoms with Gasteiger partial charge < -0.3 is 5.32 Å². The first-order chi connectivity index (χ1) is 9.15. The monoisotopic (exact) mass is 284 g/mol. The number of rotatable bonds is 4. The zero-order valence-corrected chi connectivity index (χ0v) is 12.4. The molecule has 1 saturated heterocycles. The molecule has 1 fully saturated rings. The molecule has 0 aromatic heterocycles. The Bertz CT molecular complexity index is 419. The first kappa shape index (κ1) is 14.8. The highest BCUT2D eigenvalue weighted by Crippen LogP contribution is 2.34. The molecule has 2 rings (SSSR count). The van der Waals surface area contributed by atoms with Crippen molar-refractivity contribution in [3.63, 3.8) is 0 Å². The molecule has 1 aromatic carbocycles. The highest BCUT2D eigenvalue weighted by molar-refractivity contribution is 6.30. The van der Waals surface area contributed by atoms with Gasteiger partial charge in [-0.2, -0.15) is 0 Å². The Kier molecular flexibility index (Phi) is 5.20. The Morgan fingerprint density at radius 3 is 2.68 bits per heavy atom. The van der Waals surface area contributed by atoms with Crippen LogP contribution in [0, 0.1) is 11.7 Å². The average Bonchev–Trinajstić information content (AvgIpc) is 2.44. The summed E-state index contributed by atoms with van der Waals surface area (Å²) in [5.74, 6) is 0.152. The standard InChI is InChI=1S/C15H22ClFN2/c1-3-11(2)15(19-9-7-18-8-10-19)12-5-4-6-13(16)14(12)17/h4-6,11,15,18H,3,7-10H2,1-2H3/t11?,15-/m1/s1. The lowest BCUT2D eigenvalue weighted by atomic mass is 9.90. The van der Waals surface area contributed by atoms with Crippen LogP contribution in [-0.4, -0.2) is 31.1 Å². The third-order valence-corrected chi connectivity index (χ3v) is 4.32. The predicted molar refractivity (Wildman–Crippen MR) is 78.0 cm³/mol. The van der Waals surface area contributed by atoms with Gasteiger partial charge in [0.1, 0.15) is 5.82 Å². The summed E-state index contributed by atoms with van der Waals surface area (Å²) in [5.41, 5.74) is 0.740. The zero-order valence-electron chi connectivity index (χ0n) is 11.6. The summed E-state index contributed by atoms with van der Waals surface area (Å²) in [5, 5.41) is 3.57. The van der Waals surface area contributed by atoms with E-state index in [1.54, 1.807) is 6.07 Å². The molecule has 2 atom stereocenters. The molecule has 0 amide bonds. The summed E-state index contributed by atoms with van der Waals surface area (Å²) in [4.78, 5) is 2.37. The van der Waals surface area contributed by atoms with Crippen LogP contribution >= 0.6 is 11.6 Å².